The average Bonchev–Trinajstić information content (AvgIpc) is 2.57. The molecule has 0 unspecified atom stereocenters. The number of carbonyl (C=O) groups excluding carboxylic acids is 2. The van der Waals surface area contributed by atoms with Gasteiger partial charge in [-0.25, -0.2) is 9.18 Å². The minimum absolute atomic E-state index is 0.0190. The van der Waals surface area contributed by atoms with Crippen molar-refractivity contribution in [3.63, 3.8) is 0 Å². The van der Waals surface area contributed by atoms with Gasteiger partial charge in [-0.2, -0.15) is 0 Å². The van der Waals surface area contributed by atoms with Gasteiger partial charge in [-0.1, -0.05) is 11.6 Å². The second kappa shape index (κ2) is 7.71. The molecule has 130 valence electrons. The lowest BCUT2D eigenvalue weighted by atomic mass is 10.2. The van der Waals surface area contributed by atoms with E-state index in [1.807, 2.05) is 0 Å². The molecule has 0 heterocycles. The van der Waals surface area contributed by atoms with Gasteiger partial charge >= 0.3 is 5.97 Å². The van der Waals surface area contributed by atoms with E-state index in [4.69, 9.17) is 16.3 Å². The minimum Gasteiger partial charge on any atom is -0.449 e. The van der Waals surface area contributed by atoms with Crippen molar-refractivity contribution in [2.24, 2.45) is 0 Å². The highest BCUT2D eigenvalue weighted by atomic mass is 35.5. The van der Waals surface area contributed by atoms with Crippen LogP contribution < -0.4 is 5.32 Å². The second-order valence-electron chi connectivity index (χ2n) is 4.96. The van der Waals surface area contributed by atoms with Crippen molar-refractivity contribution in [1.82, 2.24) is 0 Å². The lowest BCUT2D eigenvalue weighted by molar-refractivity contribution is -0.384. The number of anilines is 1. The van der Waals surface area contributed by atoms with E-state index in [-0.39, 0.29) is 22.0 Å². The molecule has 0 saturated carbocycles. The first kappa shape index (κ1) is 18.3. The Hall–Kier alpha value is -3.00. The molecule has 0 saturated heterocycles. The van der Waals surface area contributed by atoms with E-state index in [1.165, 1.54) is 31.2 Å². The Kier molecular flexibility index (Phi) is 5.66. The molecule has 9 heteroatoms. The minimum atomic E-state index is -1.20. The first-order valence-corrected chi connectivity index (χ1v) is 7.37. The summed E-state index contributed by atoms with van der Waals surface area (Å²) >= 11 is 5.89. The van der Waals surface area contributed by atoms with Crippen LogP contribution in [0.2, 0.25) is 5.02 Å². The number of nitrogens with one attached hydrogen (secondary N) is 1. The fraction of sp³-hybridized carbons (Fsp3) is 0.125. The zero-order valence-electron chi connectivity index (χ0n) is 12.9. The van der Waals surface area contributed by atoms with E-state index in [1.54, 1.807) is 0 Å². The molecule has 2 aromatic rings. The average molecular weight is 367 g/mol. The lowest BCUT2D eigenvalue weighted by Gasteiger charge is -2.14. The van der Waals surface area contributed by atoms with E-state index in [0.717, 1.165) is 18.2 Å². The fourth-order valence-corrected chi connectivity index (χ4v) is 1.99. The third-order valence-electron chi connectivity index (χ3n) is 3.15. The van der Waals surface area contributed by atoms with Gasteiger partial charge < -0.3 is 10.1 Å². The first-order chi connectivity index (χ1) is 11.8. The van der Waals surface area contributed by atoms with Gasteiger partial charge in [0.2, 0.25) is 0 Å². The number of hydrogen-bond acceptors (Lipinski definition) is 5. The molecule has 0 bridgehead atoms. The van der Waals surface area contributed by atoms with Crippen molar-refractivity contribution < 1.29 is 23.6 Å². The van der Waals surface area contributed by atoms with Gasteiger partial charge in [-0.3, -0.25) is 14.9 Å². The maximum absolute atomic E-state index is 12.8. The molecule has 1 N–H and O–H groups in total. The quantitative estimate of drug-likeness (QED) is 0.495. The van der Waals surface area contributed by atoms with E-state index in [0.29, 0.717) is 0 Å². The molecule has 0 radical (unpaired) electrons. The SMILES string of the molecule is C[C@H](OC(=O)c1ccc(F)cc1)C(=O)Nc1cc([N+](=O)[O-])ccc1Cl. The van der Waals surface area contributed by atoms with E-state index < -0.39 is 28.7 Å². The number of nitrogens with zero attached hydrogens (tertiary/aromatic N) is 1. The standard InChI is InChI=1S/C16H12ClFN2O5/c1-9(25-16(22)10-2-4-11(18)5-3-10)15(21)19-14-8-12(20(23)24)6-7-13(14)17/h2-9H,1H3,(H,19,21)/t9-/m0/s1. The normalized spacial score (nSPS) is 11.5. The highest BCUT2D eigenvalue weighted by Gasteiger charge is 2.21. The summed E-state index contributed by atoms with van der Waals surface area (Å²) in [5.41, 5.74) is -0.157. The predicted octanol–water partition coefficient (Wildman–Crippen LogP) is 3.57. The van der Waals surface area contributed by atoms with Crippen LogP contribution in [-0.4, -0.2) is 22.9 Å². The number of esters is 1. The third-order valence-corrected chi connectivity index (χ3v) is 3.48. The lowest BCUT2D eigenvalue weighted by Crippen LogP contribution is -2.30. The van der Waals surface area contributed by atoms with E-state index >= 15 is 0 Å². The Morgan fingerprint density at radius 1 is 1.24 bits per heavy atom. The van der Waals surface area contributed by atoms with Crippen LogP contribution in [0.1, 0.15) is 17.3 Å². The summed E-state index contributed by atoms with van der Waals surface area (Å²) < 4.78 is 17.8. The number of ether oxygens (including phenoxy) is 1. The molecule has 0 aliphatic heterocycles. The first-order valence-electron chi connectivity index (χ1n) is 6.99. The number of carbonyl (C=O) groups is 2. The van der Waals surface area contributed by atoms with Crippen LogP contribution >= 0.6 is 11.6 Å². The Morgan fingerprint density at radius 3 is 2.48 bits per heavy atom. The van der Waals surface area contributed by atoms with Crippen LogP contribution in [-0.2, 0) is 9.53 Å². The summed E-state index contributed by atoms with van der Waals surface area (Å²) in [5.74, 6) is -2.05. The number of halogens is 2. The van der Waals surface area contributed by atoms with Gasteiger partial charge in [0.1, 0.15) is 5.82 Å². The summed E-state index contributed by atoms with van der Waals surface area (Å²) in [5, 5.41) is 13.2. The Morgan fingerprint density at radius 2 is 1.88 bits per heavy atom. The highest BCUT2D eigenvalue weighted by Crippen LogP contribution is 2.26. The maximum atomic E-state index is 12.8. The van der Waals surface area contributed by atoms with Gasteiger partial charge in [0, 0.05) is 12.1 Å². The Labute approximate surface area is 146 Å². The molecule has 25 heavy (non-hydrogen) atoms. The molecule has 2 aromatic carbocycles. The molecule has 7 nitrogen and oxygen atoms in total. The van der Waals surface area contributed by atoms with E-state index in [9.17, 15) is 24.1 Å². The molecule has 1 atom stereocenters. The topological polar surface area (TPSA) is 98.5 Å². The zero-order valence-corrected chi connectivity index (χ0v) is 13.6. The fourth-order valence-electron chi connectivity index (χ4n) is 1.83. The second-order valence-corrected chi connectivity index (χ2v) is 5.37. The molecule has 0 aliphatic carbocycles. The van der Waals surface area contributed by atoms with Gasteiger partial charge in [0.05, 0.1) is 21.2 Å². The highest BCUT2D eigenvalue weighted by molar-refractivity contribution is 6.33. The van der Waals surface area contributed by atoms with Gasteiger partial charge in [0.25, 0.3) is 11.6 Å². The monoisotopic (exact) mass is 366 g/mol. The van der Waals surface area contributed by atoms with Gasteiger partial charge in [0.15, 0.2) is 6.10 Å². The molecule has 0 spiro atoms. The molecule has 1 amide bonds. The van der Waals surface area contributed by atoms with Gasteiger partial charge in [-0.15, -0.1) is 0 Å². The number of amides is 1. The van der Waals surface area contributed by atoms with Crippen molar-refractivity contribution >= 4 is 34.9 Å². The predicted molar refractivity (Wildman–Crippen MR) is 88.0 cm³/mol. The number of rotatable bonds is 5. The van der Waals surface area contributed by atoms with Crippen molar-refractivity contribution in [1.29, 1.82) is 0 Å². The number of hydrogen-bond donors (Lipinski definition) is 1. The molecular weight excluding hydrogens is 355 g/mol. The van der Waals surface area contributed by atoms with Crippen LogP contribution in [0.5, 0.6) is 0 Å². The largest absolute Gasteiger partial charge is 0.449 e. The van der Waals surface area contributed by atoms with Crippen LogP contribution in [0.25, 0.3) is 0 Å². The molecule has 0 aromatic heterocycles. The van der Waals surface area contributed by atoms with Gasteiger partial charge in [-0.05, 0) is 37.3 Å². The van der Waals surface area contributed by atoms with Crippen molar-refractivity contribution in [2.45, 2.75) is 13.0 Å². The Bertz CT molecular complexity index is 826. The zero-order chi connectivity index (χ0) is 18.6. The van der Waals surface area contributed by atoms with Crippen LogP contribution in [0, 0.1) is 15.9 Å². The van der Waals surface area contributed by atoms with E-state index in [2.05, 4.69) is 5.32 Å². The maximum Gasteiger partial charge on any atom is 0.338 e. The number of non-ortho nitro benzene ring substituents is 1. The molecule has 0 fully saturated rings. The number of nitro groups is 1. The summed E-state index contributed by atoms with van der Waals surface area (Å²) in [6.45, 7) is 1.32. The molecule has 2 rings (SSSR count). The summed E-state index contributed by atoms with van der Waals surface area (Å²) in [6, 6.07) is 8.17. The van der Waals surface area contributed by atoms with Crippen molar-refractivity contribution in [3.05, 3.63) is 69.0 Å². The summed E-state index contributed by atoms with van der Waals surface area (Å²) in [7, 11) is 0. The third kappa shape index (κ3) is 4.74. The smallest absolute Gasteiger partial charge is 0.338 e. The van der Waals surface area contributed by atoms with Crippen molar-refractivity contribution in [3.8, 4) is 0 Å². The number of benzene rings is 2. The van der Waals surface area contributed by atoms with Crippen LogP contribution in [0.3, 0.4) is 0 Å². The summed E-state index contributed by atoms with van der Waals surface area (Å²) in [4.78, 5) is 34.1. The number of nitro benzene ring substituents is 1. The van der Waals surface area contributed by atoms with Crippen molar-refractivity contribution in [2.75, 3.05) is 5.32 Å². The van der Waals surface area contributed by atoms with Crippen LogP contribution in [0.4, 0.5) is 15.8 Å². The molecule has 0 aliphatic rings. The molecular formula is C16H12ClFN2O5. The van der Waals surface area contributed by atoms with Crippen LogP contribution in [0.15, 0.2) is 42.5 Å². The summed E-state index contributed by atoms with van der Waals surface area (Å²) in [6.07, 6.45) is -1.20. The Balaban J connectivity index is 2.05.